The number of ketones is 1. The molecule has 1 atom stereocenters. The Bertz CT molecular complexity index is 1130. The van der Waals surface area contributed by atoms with Gasteiger partial charge in [0.15, 0.2) is 0 Å². The van der Waals surface area contributed by atoms with Crippen LogP contribution in [0.2, 0.25) is 0 Å². The topological polar surface area (TPSA) is 76.1 Å². The molecule has 4 rings (SSSR count). The quantitative estimate of drug-likeness (QED) is 0.289. The molecule has 1 aliphatic carbocycles. The van der Waals surface area contributed by atoms with E-state index in [0.29, 0.717) is 17.9 Å². The van der Waals surface area contributed by atoms with E-state index in [1.54, 1.807) is 23.1 Å². The van der Waals surface area contributed by atoms with Gasteiger partial charge in [0.25, 0.3) is 11.7 Å². The molecule has 2 fully saturated rings. The van der Waals surface area contributed by atoms with E-state index in [1.165, 1.54) is 0 Å². The number of likely N-dealkylation sites (tertiary alicyclic amines) is 1. The molecule has 2 aromatic rings. The highest BCUT2D eigenvalue weighted by Gasteiger charge is 2.49. The SMILES string of the molecule is CCCOc1ccc(/C(O)=C2\C(=O)C(=O)N(C3CCCC3)C2c2cccc(OC(C)C)c2)cc1C. The largest absolute Gasteiger partial charge is 0.507 e. The summed E-state index contributed by atoms with van der Waals surface area (Å²) in [6.45, 7) is 8.46. The van der Waals surface area contributed by atoms with E-state index in [2.05, 4.69) is 0 Å². The van der Waals surface area contributed by atoms with Crippen molar-refractivity contribution in [1.82, 2.24) is 4.90 Å². The van der Waals surface area contributed by atoms with Gasteiger partial charge in [0, 0.05) is 11.6 Å². The van der Waals surface area contributed by atoms with Crippen LogP contribution in [-0.2, 0) is 9.59 Å². The molecule has 0 bridgehead atoms. The fourth-order valence-corrected chi connectivity index (χ4v) is 5.09. The Morgan fingerprint density at radius 1 is 1.11 bits per heavy atom. The Morgan fingerprint density at radius 2 is 1.86 bits per heavy atom. The van der Waals surface area contributed by atoms with Gasteiger partial charge in [-0.25, -0.2) is 0 Å². The normalized spacial score (nSPS) is 20.1. The lowest BCUT2D eigenvalue weighted by molar-refractivity contribution is -0.141. The third-order valence-corrected chi connectivity index (χ3v) is 6.65. The fraction of sp³-hybridized carbons (Fsp3) is 0.448. The minimum atomic E-state index is -0.662. The maximum absolute atomic E-state index is 13.4. The van der Waals surface area contributed by atoms with Gasteiger partial charge in [0.05, 0.1) is 24.3 Å². The molecular weight excluding hydrogens is 442 g/mol. The summed E-state index contributed by atoms with van der Waals surface area (Å²) in [5.41, 5.74) is 2.24. The van der Waals surface area contributed by atoms with Crippen molar-refractivity contribution < 1.29 is 24.2 Å². The molecule has 6 heteroatoms. The van der Waals surface area contributed by atoms with E-state index in [-0.39, 0.29) is 23.5 Å². The average molecular weight is 478 g/mol. The smallest absolute Gasteiger partial charge is 0.295 e. The first-order valence-corrected chi connectivity index (χ1v) is 12.6. The maximum Gasteiger partial charge on any atom is 0.295 e. The van der Waals surface area contributed by atoms with Crippen molar-refractivity contribution in [2.45, 2.75) is 78.0 Å². The Labute approximate surface area is 207 Å². The van der Waals surface area contributed by atoms with Crippen molar-refractivity contribution in [1.29, 1.82) is 0 Å². The first-order valence-electron chi connectivity index (χ1n) is 12.6. The number of benzene rings is 2. The number of ether oxygens (including phenoxy) is 2. The number of aliphatic hydroxyl groups excluding tert-OH is 1. The zero-order valence-corrected chi connectivity index (χ0v) is 21.0. The second kappa shape index (κ2) is 10.5. The lowest BCUT2D eigenvalue weighted by Crippen LogP contribution is -2.37. The number of carbonyl (C=O) groups is 2. The lowest BCUT2D eigenvalue weighted by atomic mass is 9.94. The van der Waals surface area contributed by atoms with Crippen LogP contribution in [0, 0.1) is 6.92 Å². The van der Waals surface area contributed by atoms with Gasteiger partial charge in [-0.1, -0.05) is 31.9 Å². The summed E-state index contributed by atoms with van der Waals surface area (Å²) < 4.78 is 11.7. The number of hydrogen-bond donors (Lipinski definition) is 1. The van der Waals surface area contributed by atoms with E-state index >= 15 is 0 Å². The van der Waals surface area contributed by atoms with Crippen molar-refractivity contribution in [3.05, 3.63) is 64.7 Å². The number of amides is 1. The van der Waals surface area contributed by atoms with Crippen LogP contribution < -0.4 is 9.47 Å². The van der Waals surface area contributed by atoms with Crippen LogP contribution in [0.1, 0.15) is 75.6 Å². The molecule has 1 amide bonds. The molecule has 2 aromatic carbocycles. The van der Waals surface area contributed by atoms with Crippen molar-refractivity contribution in [3.8, 4) is 11.5 Å². The van der Waals surface area contributed by atoms with E-state index in [4.69, 9.17) is 9.47 Å². The van der Waals surface area contributed by atoms with Crippen molar-refractivity contribution in [2.24, 2.45) is 0 Å². The molecule has 1 heterocycles. The molecule has 2 aliphatic rings. The monoisotopic (exact) mass is 477 g/mol. The number of Topliss-reactive ketones (excluding diaryl/α,β-unsaturated/α-hetero) is 1. The van der Waals surface area contributed by atoms with Gasteiger partial charge in [-0.05, 0) is 81.5 Å². The zero-order chi connectivity index (χ0) is 25.1. The molecule has 6 nitrogen and oxygen atoms in total. The zero-order valence-electron chi connectivity index (χ0n) is 21.0. The van der Waals surface area contributed by atoms with Crippen molar-refractivity contribution in [3.63, 3.8) is 0 Å². The highest BCUT2D eigenvalue weighted by Crippen LogP contribution is 2.44. The fourth-order valence-electron chi connectivity index (χ4n) is 5.09. The molecular formula is C29H35NO5. The number of carbonyl (C=O) groups excluding carboxylic acids is 2. The molecule has 1 aliphatic heterocycles. The van der Waals surface area contributed by atoms with Crippen LogP contribution in [0.25, 0.3) is 5.76 Å². The average Bonchev–Trinajstić information content (AvgIpc) is 3.44. The first-order chi connectivity index (χ1) is 16.8. The minimum Gasteiger partial charge on any atom is -0.507 e. The van der Waals surface area contributed by atoms with Crippen LogP contribution in [0.4, 0.5) is 0 Å². The Kier molecular flexibility index (Phi) is 7.48. The second-order valence-electron chi connectivity index (χ2n) is 9.71. The molecule has 0 radical (unpaired) electrons. The summed E-state index contributed by atoms with van der Waals surface area (Å²) in [5.74, 6) is 0.0682. The van der Waals surface area contributed by atoms with Crippen LogP contribution in [0.5, 0.6) is 11.5 Å². The molecule has 1 saturated carbocycles. The van der Waals surface area contributed by atoms with Crippen molar-refractivity contribution in [2.75, 3.05) is 6.61 Å². The van der Waals surface area contributed by atoms with Gasteiger partial charge in [-0.3, -0.25) is 9.59 Å². The Morgan fingerprint density at radius 3 is 2.51 bits per heavy atom. The molecule has 35 heavy (non-hydrogen) atoms. The second-order valence-corrected chi connectivity index (χ2v) is 9.71. The van der Waals surface area contributed by atoms with Gasteiger partial charge in [0.1, 0.15) is 17.3 Å². The van der Waals surface area contributed by atoms with E-state index in [9.17, 15) is 14.7 Å². The van der Waals surface area contributed by atoms with Gasteiger partial charge in [-0.15, -0.1) is 0 Å². The summed E-state index contributed by atoms with van der Waals surface area (Å²) in [7, 11) is 0. The highest BCUT2D eigenvalue weighted by atomic mass is 16.5. The summed E-state index contributed by atoms with van der Waals surface area (Å²) >= 11 is 0. The van der Waals surface area contributed by atoms with Crippen LogP contribution in [0.3, 0.4) is 0 Å². The van der Waals surface area contributed by atoms with Gasteiger partial charge in [0.2, 0.25) is 0 Å². The van der Waals surface area contributed by atoms with E-state index < -0.39 is 17.7 Å². The molecule has 1 saturated heterocycles. The third kappa shape index (κ3) is 5.07. The molecule has 0 aromatic heterocycles. The maximum atomic E-state index is 13.4. The summed E-state index contributed by atoms with van der Waals surface area (Å²) in [5, 5.41) is 11.4. The van der Waals surface area contributed by atoms with E-state index in [0.717, 1.165) is 49.0 Å². The highest BCUT2D eigenvalue weighted by molar-refractivity contribution is 6.46. The molecule has 1 N–H and O–H groups in total. The number of hydrogen-bond acceptors (Lipinski definition) is 5. The van der Waals surface area contributed by atoms with Crippen LogP contribution in [-0.4, -0.2) is 40.4 Å². The molecule has 1 unspecified atom stereocenters. The standard InChI is InChI=1S/C29H35NO5/c1-5-15-34-24-14-13-21(16-19(24)4)27(31)25-26(20-9-8-12-23(17-20)35-18(2)3)30(29(33)28(25)32)22-10-6-7-11-22/h8-9,12-14,16-18,22,26,31H,5-7,10-11,15H2,1-4H3/b27-25+. The van der Waals surface area contributed by atoms with E-state index in [1.807, 2.05) is 52.0 Å². The van der Waals surface area contributed by atoms with Gasteiger partial charge in [-0.2, -0.15) is 0 Å². The summed E-state index contributed by atoms with van der Waals surface area (Å²) in [4.78, 5) is 28.4. The number of nitrogens with zero attached hydrogens (tertiary/aromatic N) is 1. The lowest BCUT2D eigenvalue weighted by Gasteiger charge is -2.31. The third-order valence-electron chi connectivity index (χ3n) is 6.65. The van der Waals surface area contributed by atoms with Crippen molar-refractivity contribution >= 4 is 17.4 Å². The summed E-state index contributed by atoms with van der Waals surface area (Å²) in [6.07, 6.45) is 4.64. The number of aryl methyl sites for hydroxylation is 1. The Hall–Kier alpha value is -3.28. The Balaban J connectivity index is 1.82. The molecule has 0 spiro atoms. The van der Waals surface area contributed by atoms with Gasteiger partial charge < -0.3 is 19.5 Å². The summed E-state index contributed by atoms with van der Waals surface area (Å²) in [6, 6.07) is 12.2. The predicted octanol–water partition coefficient (Wildman–Crippen LogP) is 5.94. The number of rotatable bonds is 8. The molecule has 186 valence electrons. The van der Waals surface area contributed by atoms with Gasteiger partial charge >= 0.3 is 0 Å². The first kappa shape index (κ1) is 24.8. The minimum absolute atomic E-state index is 0.0112. The number of aliphatic hydroxyl groups is 1. The predicted molar refractivity (Wildman–Crippen MR) is 136 cm³/mol. The van der Waals surface area contributed by atoms with Crippen LogP contribution in [0.15, 0.2) is 48.0 Å². The van der Waals surface area contributed by atoms with Crippen LogP contribution >= 0.6 is 0 Å².